The molecule has 1 aromatic heterocycles. The number of nitrogens with zero attached hydrogens (tertiary/aromatic N) is 2. The number of hydrogen-bond acceptors (Lipinski definition) is 4. The zero-order chi connectivity index (χ0) is 14.9. The number of pyridine rings is 1. The quantitative estimate of drug-likeness (QED) is 0.654. The molecule has 0 bridgehead atoms. The first-order chi connectivity index (χ1) is 10.3. The van der Waals surface area contributed by atoms with Crippen molar-refractivity contribution in [2.45, 2.75) is 13.3 Å². The Morgan fingerprint density at radius 3 is 2.62 bits per heavy atom. The Labute approximate surface area is 123 Å². The minimum atomic E-state index is -0.262. The smallest absolute Gasteiger partial charge is 0.271 e. The Morgan fingerprint density at radius 1 is 1.24 bits per heavy atom. The van der Waals surface area contributed by atoms with E-state index < -0.39 is 0 Å². The van der Waals surface area contributed by atoms with Gasteiger partial charge in [0.15, 0.2) is 0 Å². The third kappa shape index (κ3) is 4.72. The zero-order valence-electron chi connectivity index (χ0n) is 11.8. The van der Waals surface area contributed by atoms with Gasteiger partial charge in [0.1, 0.15) is 5.75 Å². The molecular weight excluding hydrogens is 266 g/mol. The van der Waals surface area contributed by atoms with E-state index >= 15 is 0 Å². The maximum absolute atomic E-state index is 11.9. The second-order valence-corrected chi connectivity index (χ2v) is 4.35. The molecule has 21 heavy (non-hydrogen) atoms. The van der Waals surface area contributed by atoms with E-state index in [9.17, 15) is 4.79 Å². The Kier molecular flexibility index (Phi) is 5.46. The van der Waals surface area contributed by atoms with Gasteiger partial charge in [-0.2, -0.15) is 5.10 Å². The van der Waals surface area contributed by atoms with Gasteiger partial charge in [-0.3, -0.25) is 9.78 Å². The highest BCUT2D eigenvalue weighted by Crippen LogP contribution is 2.12. The monoisotopic (exact) mass is 283 g/mol. The Hall–Kier alpha value is -2.69. The van der Waals surface area contributed by atoms with Crippen LogP contribution in [-0.4, -0.2) is 23.7 Å². The third-order valence-corrected chi connectivity index (χ3v) is 2.68. The average Bonchev–Trinajstić information content (AvgIpc) is 2.54. The molecule has 0 aliphatic heterocycles. The summed E-state index contributed by atoms with van der Waals surface area (Å²) in [5.74, 6) is 0.496. The minimum Gasteiger partial charge on any atom is -0.494 e. The number of nitrogens with one attached hydrogen (secondary N) is 1. The van der Waals surface area contributed by atoms with Crippen LogP contribution in [0.25, 0.3) is 0 Å². The molecule has 2 aromatic rings. The Bertz CT molecular complexity index is 595. The summed E-state index contributed by atoms with van der Waals surface area (Å²) in [6.45, 7) is 2.71. The van der Waals surface area contributed by atoms with Crippen molar-refractivity contribution in [2.75, 3.05) is 6.61 Å². The number of carbonyl (C=O) groups is 1. The molecule has 5 heteroatoms. The maximum atomic E-state index is 11.9. The van der Waals surface area contributed by atoms with E-state index in [2.05, 4.69) is 15.5 Å². The van der Waals surface area contributed by atoms with Crippen molar-refractivity contribution in [3.8, 4) is 5.75 Å². The van der Waals surface area contributed by atoms with Crippen LogP contribution in [0.3, 0.4) is 0 Å². The maximum Gasteiger partial charge on any atom is 0.271 e. The third-order valence-electron chi connectivity index (χ3n) is 2.68. The molecule has 0 aliphatic carbocycles. The van der Waals surface area contributed by atoms with E-state index in [-0.39, 0.29) is 5.91 Å². The van der Waals surface area contributed by atoms with Crippen LogP contribution in [0.5, 0.6) is 5.75 Å². The number of hydrogen-bond donors (Lipinski definition) is 1. The fourth-order valence-electron chi connectivity index (χ4n) is 1.60. The van der Waals surface area contributed by atoms with E-state index in [1.54, 1.807) is 55.0 Å². The van der Waals surface area contributed by atoms with Crippen LogP contribution >= 0.6 is 0 Å². The van der Waals surface area contributed by atoms with E-state index in [1.165, 1.54) is 0 Å². The van der Waals surface area contributed by atoms with Crippen LogP contribution in [-0.2, 0) is 0 Å². The number of ether oxygens (including phenoxy) is 1. The van der Waals surface area contributed by atoms with Gasteiger partial charge in [-0.1, -0.05) is 6.92 Å². The molecule has 1 amide bonds. The highest BCUT2D eigenvalue weighted by atomic mass is 16.5. The summed E-state index contributed by atoms with van der Waals surface area (Å²) in [5.41, 5.74) is 3.88. The van der Waals surface area contributed by atoms with Gasteiger partial charge in [0.2, 0.25) is 0 Å². The molecular formula is C16H17N3O2. The summed E-state index contributed by atoms with van der Waals surface area (Å²) < 4.78 is 5.46. The molecule has 0 radical (unpaired) electrons. The Balaban J connectivity index is 1.90. The SMILES string of the molecule is CCCOc1ccc(C(=O)NN=Cc2ccncc2)cc1. The number of aromatic nitrogens is 1. The first-order valence-corrected chi connectivity index (χ1v) is 6.76. The van der Waals surface area contributed by atoms with Crippen molar-refractivity contribution in [1.82, 2.24) is 10.4 Å². The van der Waals surface area contributed by atoms with Gasteiger partial charge in [-0.25, -0.2) is 5.43 Å². The topological polar surface area (TPSA) is 63.6 Å². The lowest BCUT2D eigenvalue weighted by Gasteiger charge is -2.05. The first-order valence-electron chi connectivity index (χ1n) is 6.76. The largest absolute Gasteiger partial charge is 0.494 e. The van der Waals surface area contributed by atoms with Crippen molar-refractivity contribution in [1.29, 1.82) is 0 Å². The molecule has 0 unspecified atom stereocenters. The van der Waals surface area contributed by atoms with E-state index in [0.29, 0.717) is 12.2 Å². The van der Waals surface area contributed by atoms with Gasteiger partial charge in [0.25, 0.3) is 5.91 Å². The van der Waals surface area contributed by atoms with Gasteiger partial charge in [-0.05, 0) is 48.4 Å². The first kappa shape index (κ1) is 14.7. The Morgan fingerprint density at radius 2 is 1.95 bits per heavy atom. The van der Waals surface area contributed by atoms with Crippen LogP contribution in [0, 0.1) is 0 Å². The second kappa shape index (κ2) is 7.79. The molecule has 108 valence electrons. The number of rotatable bonds is 6. The number of carbonyl (C=O) groups excluding carboxylic acids is 1. The molecule has 1 heterocycles. The number of amides is 1. The lowest BCUT2D eigenvalue weighted by molar-refractivity contribution is 0.0955. The number of benzene rings is 1. The fraction of sp³-hybridized carbons (Fsp3) is 0.188. The van der Waals surface area contributed by atoms with Crippen LogP contribution in [0.4, 0.5) is 0 Å². The summed E-state index contributed by atoms with van der Waals surface area (Å²) in [6.07, 6.45) is 5.85. The molecule has 2 rings (SSSR count). The zero-order valence-corrected chi connectivity index (χ0v) is 11.8. The molecule has 5 nitrogen and oxygen atoms in total. The van der Waals surface area contributed by atoms with Crippen molar-refractivity contribution < 1.29 is 9.53 Å². The molecule has 0 atom stereocenters. The normalized spacial score (nSPS) is 10.5. The van der Waals surface area contributed by atoms with Gasteiger partial charge < -0.3 is 4.74 Å². The van der Waals surface area contributed by atoms with Crippen LogP contribution in [0.2, 0.25) is 0 Å². The predicted octanol–water partition coefficient (Wildman–Crippen LogP) is 2.63. The van der Waals surface area contributed by atoms with E-state index in [4.69, 9.17) is 4.74 Å². The van der Waals surface area contributed by atoms with Crippen molar-refractivity contribution in [3.05, 3.63) is 59.9 Å². The van der Waals surface area contributed by atoms with Crippen LogP contribution < -0.4 is 10.2 Å². The minimum absolute atomic E-state index is 0.262. The highest BCUT2D eigenvalue weighted by molar-refractivity contribution is 5.94. The lowest BCUT2D eigenvalue weighted by Crippen LogP contribution is -2.17. The van der Waals surface area contributed by atoms with Crippen LogP contribution in [0.1, 0.15) is 29.3 Å². The predicted molar refractivity (Wildman–Crippen MR) is 81.5 cm³/mol. The molecule has 0 spiro atoms. The number of hydrazone groups is 1. The van der Waals surface area contributed by atoms with E-state index in [0.717, 1.165) is 17.7 Å². The van der Waals surface area contributed by atoms with E-state index in [1.807, 2.05) is 6.92 Å². The average molecular weight is 283 g/mol. The summed E-state index contributed by atoms with van der Waals surface area (Å²) >= 11 is 0. The van der Waals surface area contributed by atoms with Crippen LogP contribution in [0.15, 0.2) is 53.9 Å². The van der Waals surface area contributed by atoms with Crippen molar-refractivity contribution >= 4 is 12.1 Å². The lowest BCUT2D eigenvalue weighted by atomic mass is 10.2. The van der Waals surface area contributed by atoms with Gasteiger partial charge in [0.05, 0.1) is 12.8 Å². The van der Waals surface area contributed by atoms with Crippen molar-refractivity contribution in [3.63, 3.8) is 0 Å². The standard InChI is InChI=1S/C16H17N3O2/c1-2-11-21-15-5-3-14(4-6-15)16(20)19-18-12-13-7-9-17-10-8-13/h3-10,12H,2,11H2,1H3,(H,19,20). The molecule has 0 saturated carbocycles. The molecule has 0 aliphatic rings. The molecule has 0 fully saturated rings. The van der Waals surface area contributed by atoms with Gasteiger partial charge >= 0.3 is 0 Å². The second-order valence-electron chi connectivity index (χ2n) is 4.35. The molecule has 0 saturated heterocycles. The van der Waals surface area contributed by atoms with Gasteiger partial charge in [-0.15, -0.1) is 0 Å². The van der Waals surface area contributed by atoms with Gasteiger partial charge in [0, 0.05) is 18.0 Å². The molecule has 1 N–H and O–H groups in total. The summed E-state index contributed by atoms with van der Waals surface area (Å²) in [7, 11) is 0. The highest BCUT2D eigenvalue weighted by Gasteiger charge is 2.04. The van der Waals surface area contributed by atoms with Crippen molar-refractivity contribution in [2.24, 2.45) is 5.10 Å². The summed E-state index contributed by atoms with van der Waals surface area (Å²) in [4.78, 5) is 15.8. The summed E-state index contributed by atoms with van der Waals surface area (Å²) in [6, 6.07) is 10.6. The summed E-state index contributed by atoms with van der Waals surface area (Å²) in [5, 5.41) is 3.91. The molecule has 1 aromatic carbocycles. The fourth-order valence-corrected chi connectivity index (χ4v) is 1.60.